The van der Waals surface area contributed by atoms with Crippen molar-refractivity contribution in [2.24, 2.45) is 0 Å². The van der Waals surface area contributed by atoms with Crippen LogP contribution in [-0.2, 0) is 11.3 Å². The second kappa shape index (κ2) is 10.0. The third-order valence-corrected chi connectivity index (χ3v) is 5.22. The molecule has 1 heterocycles. The van der Waals surface area contributed by atoms with Crippen LogP contribution in [0.5, 0.6) is 5.75 Å². The molecule has 3 rings (SSSR count). The maximum Gasteiger partial charge on any atom is 0.272 e. The molecule has 0 spiro atoms. The number of nitrogens with zero attached hydrogens (tertiary/aromatic N) is 4. The molecule has 0 saturated carbocycles. The van der Waals surface area contributed by atoms with Gasteiger partial charge < -0.3 is 14.2 Å². The lowest BCUT2D eigenvalue weighted by Gasteiger charge is -2.27. The quantitative estimate of drug-likeness (QED) is 0.358. The van der Waals surface area contributed by atoms with Crippen LogP contribution in [-0.4, -0.2) is 38.5 Å². The number of aromatic nitrogens is 2. The highest BCUT2D eigenvalue weighted by molar-refractivity contribution is 5.78. The third-order valence-electron chi connectivity index (χ3n) is 5.22. The van der Waals surface area contributed by atoms with Gasteiger partial charge >= 0.3 is 0 Å². The molecule has 9 heteroatoms. The Balaban J connectivity index is 1.69. The Morgan fingerprint density at radius 2 is 2.03 bits per heavy atom. The SMILES string of the molecule is CC[C@@H](C)N(Cc1nc(-c2cccc(C)c2)no1)C(=O)COc1ccc([N+](=O)[O-])c(C)c1. The van der Waals surface area contributed by atoms with E-state index < -0.39 is 4.92 Å². The van der Waals surface area contributed by atoms with E-state index in [9.17, 15) is 14.9 Å². The molecule has 168 valence electrons. The summed E-state index contributed by atoms with van der Waals surface area (Å²) in [5.41, 5.74) is 2.40. The lowest BCUT2D eigenvalue weighted by Crippen LogP contribution is -2.40. The molecule has 1 atom stereocenters. The van der Waals surface area contributed by atoms with Gasteiger partial charge in [-0.1, -0.05) is 35.8 Å². The van der Waals surface area contributed by atoms with Crippen LogP contribution in [0, 0.1) is 24.0 Å². The first-order chi connectivity index (χ1) is 15.3. The average molecular weight is 438 g/mol. The van der Waals surface area contributed by atoms with Gasteiger partial charge in [-0.05, 0) is 45.4 Å². The van der Waals surface area contributed by atoms with Crippen molar-refractivity contribution >= 4 is 11.6 Å². The third kappa shape index (κ3) is 5.48. The minimum absolute atomic E-state index is 0.00529. The summed E-state index contributed by atoms with van der Waals surface area (Å²) in [4.78, 5) is 29.5. The summed E-state index contributed by atoms with van der Waals surface area (Å²) in [5, 5.41) is 15.0. The van der Waals surface area contributed by atoms with E-state index in [2.05, 4.69) is 10.1 Å². The van der Waals surface area contributed by atoms with Crippen LogP contribution in [0.3, 0.4) is 0 Å². The Bertz CT molecular complexity index is 1110. The Labute approximate surface area is 186 Å². The summed E-state index contributed by atoms with van der Waals surface area (Å²) in [7, 11) is 0. The number of nitro benzene ring substituents is 1. The molecule has 0 radical (unpaired) electrons. The van der Waals surface area contributed by atoms with Gasteiger partial charge in [0.15, 0.2) is 6.61 Å². The zero-order chi connectivity index (χ0) is 23.3. The van der Waals surface area contributed by atoms with E-state index in [1.54, 1.807) is 17.9 Å². The van der Waals surface area contributed by atoms with E-state index in [1.165, 1.54) is 12.1 Å². The molecule has 1 aromatic heterocycles. The van der Waals surface area contributed by atoms with Gasteiger partial charge in [0.25, 0.3) is 11.6 Å². The summed E-state index contributed by atoms with van der Waals surface area (Å²) in [6, 6.07) is 12.1. The van der Waals surface area contributed by atoms with Gasteiger partial charge in [-0.2, -0.15) is 4.98 Å². The smallest absolute Gasteiger partial charge is 0.272 e. The minimum Gasteiger partial charge on any atom is -0.484 e. The van der Waals surface area contributed by atoms with Crippen LogP contribution in [0.15, 0.2) is 47.0 Å². The number of rotatable bonds is 9. The van der Waals surface area contributed by atoms with Crippen molar-refractivity contribution in [3.63, 3.8) is 0 Å². The molecule has 0 aliphatic heterocycles. The summed E-state index contributed by atoms with van der Waals surface area (Å²) in [6.07, 6.45) is 0.737. The summed E-state index contributed by atoms with van der Waals surface area (Å²) in [5.74, 6) is 0.954. The number of hydrogen-bond acceptors (Lipinski definition) is 7. The number of nitro groups is 1. The van der Waals surface area contributed by atoms with Gasteiger partial charge in [0.05, 0.1) is 4.92 Å². The number of aryl methyl sites for hydroxylation is 2. The number of benzene rings is 2. The molecule has 2 aromatic carbocycles. The first-order valence-corrected chi connectivity index (χ1v) is 10.4. The van der Waals surface area contributed by atoms with Crippen LogP contribution >= 0.6 is 0 Å². The number of carbonyl (C=O) groups is 1. The highest BCUT2D eigenvalue weighted by atomic mass is 16.6. The predicted octanol–water partition coefficient (Wildman–Crippen LogP) is 4.47. The lowest BCUT2D eigenvalue weighted by atomic mass is 10.1. The van der Waals surface area contributed by atoms with Gasteiger partial charge in [-0.25, -0.2) is 0 Å². The van der Waals surface area contributed by atoms with Crippen LogP contribution in [0.2, 0.25) is 0 Å². The molecule has 0 fully saturated rings. The van der Waals surface area contributed by atoms with E-state index >= 15 is 0 Å². The fourth-order valence-corrected chi connectivity index (χ4v) is 3.23. The monoisotopic (exact) mass is 438 g/mol. The van der Waals surface area contributed by atoms with Crippen molar-refractivity contribution in [1.29, 1.82) is 0 Å². The zero-order valence-electron chi connectivity index (χ0n) is 18.6. The molecule has 0 bridgehead atoms. The van der Waals surface area contributed by atoms with Crippen LogP contribution in [0.25, 0.3) is 11.4 Å². The van der Waals surface area contributed by atoms with Gasteiger partial charge in [0, 0.05) is 23.2 Å². The molecule has 9 nitrogen and oxygen atoms in total. The second-order valence-corrected chi connectivity index (χ2v) is 7.65. The predicted molar refractivity (Wildman–Crippen MR) is 118 cm³/mol. The number of carbonyl (C=O) groups excluding carboxylic acids is 1. The summed E-state index contributed by atoms with van der Waals surface area (Å²) >= 11 is 0. The van der Waals surface area contributed by atoms with Gasteiger partial charge in [0.2, 0.25) is 11.7 Å². The highest BCUT2D eigenvalue weighted by Crippen LogP contribution is 2.23. The van der Waals surface area contributed by atoms with E-state index in [0.29, 0.717) is 23.0 Å². The van der Waals surface area contributed by atoms with Gasteiger partial charge in [0.1, 0.15) is 12.3 Å². The van der Waals surface area contributed by atoms with Crippen molar-refractivity contribution < 1.29 is 19.0 Å². The number of amides is 1. The first-order valence-electron chi connectivity index (χ1n) is 10.4. The fraction of sp³-hybridized carbons (Fsp3) is 0.348. The lowest BCUT2D eigenvalue weighted by molar-refractivity contribution is -0.385. The largest absolute Gasteiger partial charge is 0.484 e. The van der Waals surface area contributed by atoms with Crippen molar-refractivity contribution in [1.82, 2.24) is 15.0 Å². The average Bonchev–Trinajstić information content (AvgIpc) is 3.24. The van der Waals surface area contributed by atoms with Gasteiger partial charge in [-0.15, -0.1) is 0 Å². The van der Waals surface area contributed by atoms with E-state index in [1.807, 2.05) is 45.0 Å². The van der Waals surface area contributed by atoms with E-state index in [0.717, 1.165) is 17.5 Å². The van der Waals surface area contributed by atoms with Crippen molar-refractivity contribution in [3.05, 3.63) is 69.6 Å². The number of ether oxygens (including phenoxy) is 1. The molecular formula is C23H26N4O5. The Morgan fingerprint density at radius 1 is 1.25 bits per heavy atom. The molecule has 3 aromatic rings. The molecule has 0 aliphatic rings. The van der Waals surface area contributed by atoms with Crippen molar-refractivity contribution in [2.75, 3.05) is 6.61 Å². The van der Waals surface area contributed by atoms with E-state index in [-0.39, 0.29) is 30.8 Å². The first kappa shape index (κ1) is 22.9. The molecule has 0 aliphatic carbocycles. The Hall–Kier alpha value is -3.75. The van der Waals surface area contributed by atoms with Crippen LogP contribution in [0.4, 0.5) is 5.69 Å². The normalized spacial score (nSPS) is 11.8. The standard InChI is InChI=1S/C23H26N4O5/c1-5-17(4)26(13-21-24-23(25-32-21)18-8-6-7-15(2)11-18)22(28)14-31-19-9-10-20(27(29)30)16(3)12-19/h6-12,17H,5,13-14H2,1-4H3/t17-/m1/s1. The minimum atomic E-state index is -0.454. The molecule has 0 unspecified atom stereocenters. The molecular weight excluding hydrogens is 412 g/mol. The number of hydrogen-bond donors (Lipinski definition) is 0. The Morgan fingerprint density at radius 3 is 2.69 bits per heavy atom. The van der Waals surface area contributed by atoms with Crippen molar-refractivity contribution in [3.8, 4) is 17.1 Å². The second-order valence-electron chi connectivity index (χ2n) is 7.65. The van der Waals surface area contributed by atoms with Crippen LogP contribution < -0.4 is 4.74 Å². The molecule has 1 amide bonds. The van der Waals surface area contributed by atoms with Gasteiger partial charge in [-0.3, -0.25) is 14.9 Å². The maximum atomic E-state index is 12.9. The van der Waals surface area contributed by atoms with Crippen molar-refractivity contribution in [2.45, 2.75) is 46.7 Å². The summed E-state index contributed by atoms with van der Waals surface area (Å²) < 4.78 is 11.0. The molecule has 0 saturated heterocycles. The fourth-order valence-electron chi connectivity index (χ4n) is 3.23. The topological polar surface area (TPSA) is 112 Å². The van der Waals surface area contributed by atoms with E-state index in [4.69, 9.17) is 9.26 Å². The Kier molecular flexibility index (Phi) is 7.19. The molecule has 0 N–H and O–H groups in total. The summed E-state index contributed by atoms with van der Waals surface area (Å²) in [6.45, 7) is 7.49. The van der Waals surface area contributed by atoms with Crippen LogP contribution in [0.1, 0.15) is 37.3 Å². The molecule has 32 heavy (non-hydrogen) atoms. The maximum absolute atomic E-state index is 12.9. The highest BCUT2D eigenvalue weighted by Gasteiger charge is 2.23. The zero-order valence-corrected chi connectivity index (χ0v) is 18.6.